The summed E-state index contributed by atoms with van der Waals surface area (Å²) < 4.78 is 0. The number of likely N-dealkylation sites (N-methyl/N-ethyl adjacent to an activating group) is 1. The average molecular weight is 358 g/mol. The minimum Gasteiger partial charge on any atom is -0.346 e. The zero-order chi connectivity index (χ0) is 18.7. The van der Waals surface area contributed by atoms with E-state index in [1.54, 1.807) is 0 Å². The number of nitrogens with zero attached hydrogens (tertiary/aromatic N) is 3. The number of likely N-dealkylation sites (tertiary alicyclic amines) is 1. The molecule has 0 aliphatic carbocycles. The largest absolute Gasteiger partial charge is 0.346 e. The highest BCUT2D eigenvalue weighted by molar-refractivity contribution is 5.76. The third kappa shape index (κ3) is 4.47. The van der Waals surface area contributed by atoms with Crippen LogP contribution in [0.2, 0.25) is 0 Å². The van der Waals surface area contributed by atoms with Crippen molar-refractivity contribution in [2.45, 2.75) is 51.6 Å². The van der Waals surface area contributed by atoms with Gasteiger partial charge < -0.3 is 4.90 Å². The van der Waals surface area contributed by atoms with E-state index < -0.39 is 0 Å². The van der Waals surface area contributed by atoms with Crippen LogP contribution in [-0.4, -0.2) is 66.4 Å². The van der Waals surface area contributed by atoms with Gasteiger partial charge in [0.1, 0.15) is 0 Å². The number of rotatable bonds is 4. The molecule has 1 atom stereocenters. The first-order chi connectivity index (χ1) is 12.4. The second kappa shape index (κ2) is 8.10. The van der Waals surface area contributed by atoms with E-state index in [0.29, 0.717) is 18.2 Å². The molecule has 0 bridgehead atoms. The summed E-state index contributed by atoms with van der Waals surface area (Å²) in [7, 11) is 4.19. The highest BCUT2D eigenvalue weighted by Crippen LogP contribution is 2.32. The fourth-order valence-electron chi connectivity index (χ4n) is 4.49. The molecule has 1 aromatic carbocycles. The number of hydrogen-bond donors (Lipinski definition) is 0. The number of piperazine rings is 1. The fraction of sp³-hybridized carbons (Fsp3) is 0.682. The Labute approximate surface area is 159 Å². The third-order valence-corrected chi connectivity index (χ3v) is 6.29. The predicted octanol–water partition coefficient (Wildman–Crippen LogP) is 3.01. The molecule has 1 amide bonds. The van der Waals surface area contributed by atoms with Gasteiger partial charge in [0.15, 0.2) is 0 Å². The van der Waals surface area contributed by atoms with Crippen LogP contribution in [0.1, 0.15) is 44.2 Å². The summed E-state index contributed by atoms with van der Waals surface area (Å²) in [4.78, 5) is 19.1. The summed E-state index contributed by atoms with van der Waals surface area (Å²) in [5.41, 5.74) is 2.99. The van der Waals surface area contributed by atoms with Crippen molar-refractivity contribution in [2.75, 3.05) is 40.3 Å². The maximum atomic E-state index is 12.1. The van der Waals surface area contributed by atoms with Crippen molar-refractivity contribution >= 4 is 5.91 Å². The Morgan fingerprint density at radius 3 is 2.38 bits per heavy atom. The van der Waals surface area contributed by atoms with Gasteiger partial charge in [0.25, 0.3) is 0 Å². The van der Waals surface area contributed by atoms with Crippen LogP contribution < -0.4 is 0 Å². The molecule has 3 rings (SSSR count). The highest BCUT2D eigenvalue weighted by Gasteiger charge is 2.41. The van der Waals surface area contributed by atoms with Crippen molar-refractivity contribution in [1.29, 1.82) is 0 Å². The summed E-state index contributed by atoms with van der Waals surface area (Å²) in [5, 5.41) is 0. The number of hydrogen-bond acceptors (Lipinski definition) is 3. The zero-order valence-corrected chi connectivity index (χ0v) is 17.0. The van der Waals surface area contributed by atoms with Crippen LogP contribution in [0.3, 0.4) is 0 Å². The third-order valence-electron chi connectivity index (χ3n) is 6.29. The summed E-state index contributed by atoms with van der Waals surface area (Å²) in [6.07, 6.45) is 3.89. The Bertz CT molecular complexity index is 612. The van der Waals surface area contributed by atoms with Crippen LogP contribution in [0.15, 0.2) is 24.3 Å². The molecule has 144 valence electrons. The van der Waals surface area contributed by atoms with Gasteiger partial charge in [-0.05, 0) is 43.4 Å². The van der Waals surface area contributed by atoms with Gasteiger partial charge in [0.05, 0.1) is 0 Å². The molecule has 0 aromatic heterocycles. The Kier molecular flexibility index (Phi) is 6.03. The van der Waals surface area contributed by atoms with Gasteiger partial charge in [-0.2, -0.15) is 0 Å². The lowest BCUT2D eigenvalue weighted by molar-refractivity contribution is -0.129. The van der Waals surface area contributed by atoms with Gasteiger partial charge in [-0.15, -0.1) is 0 Å². The quantitative estimate of drug-likeness (QED) is 0.829. The Morgan fingerprint density at radius 2 is 1.69 bits per heavy atom. The molecule has 26 heavy (non-hydrogen) atoms. The van der Waals surface area contributed by atoms with E-state index in [1.807, 2.05) is 11.9 Å². The second-order valence-corrected chi connectivity index (χ2v) is 8.84. The molecule has 4 nitrogen and oxygen atoms in total. The van der Waals surface area contributed by atoms with E-state index in [2.05, 4.69) is 55.0 Å². The van der Waals surface area contributed by atoms with Crippen molar-refractivity contribution in [3.05, 3.63) is 35.4 Å². The number of benzene rings is 1. The molecule has 2 heterocycles. The molecule has 2 aliphatic rings. The van der Waals surface area contributed by atoms with Crippen LogP contribution in [0, 0.1) is 5.92 Å². The Morgan fingerprint density at radius 1 is 1.00 bits per heavy atom. The van der Waals surface area contributed by atoms with Crippen molar-refractivity contribution in [3.63, 3.8) is 0 Å². The number of carbonyl (C=O) groups excluding carboxylic acids is 1. The molecule has 0 N–H and O–H groups in total. The molecule has 0 saturated carbocycles. The molecule has 4 heteroatoms. The maximum absolute atomic E-state index is 12.1. The number of amides is 1. The molecule has 2 fully saturated rings. The monoisotopic (exact) mass is 357 g/mol. The van der Waals surface area contributed by atoms with E-state index >= 15 is 0 Å². The predicted molar refractivity (Wildman–Crippen MR) is 107 cm³/mol. The van der Waals surface area contributed by atoms with Crippen LogP contribution in [0.5, 0.6) is 0 Å². The van der Waals surface area contributed by atoms with Crippen molar-refractivity contribution in [1.82, 2.24) is 14.7 Å². The van der Waals surface area contributed by atoms with E-state index in [-0.39, 0.29) is 5.54 Å². The lowest BCUT2D eigenvalue weighted by Crippen LogP contribution is -2.60. The average Bonchev–Trinajstić information content (AvgIpc) is 2.74. The summed E-state index contributed by atoms with van der Waals surface area (Å²) >= 11 is 0. The molecule has 1 spiro atoms. The maximum Gasteiger partial charge on any atom is 0.222 e. The summed E-state index contributed by atoms with van der Waals surface area (Å²) in [6, 6.07) is 9.18. The van der Waals surface area contributed by atoms with Crippen LogP contribution >= 0.6 is 0 Å². The van der Waals surface area contributed by atoms with E-state index in [4.69, 9.17) is 0 Å². The highest BCUT2D eigenvalue weighted by atomic mass is 16.2. The van der Waals surface area contributed by atoms with E-state index in [0.717, 1.165) is 52.0 Å². The van der Waals surface area contributed by atoms with Gasteiger partial charge in [-0.1, -0.05) is 38.1 Å². The smallest absolute Gasteiger partial charge is 0.222 e. The SMILES string of the molecule is CC(C)Cc1ccc(CN2CCN(C)[C@]3(CCC(=O)N(C)CC3)C2)cc1. The molecule has 2 aliphatic heterocycles. The second-order valence-electron chi connectivity index (χ2n) is 8.84. The molecular weight excluding hydrogens is 322 g/mol. The molecular formula is C22H35N3O. The lowest BCUT2D eigenvalue weighted by atomic mass is 9.86. The van der Waals surface area contributed by atoms with Crippen molar-refractivity contribution < 1.29 is 4.79 Å². The number of carbonyl (C=O) groups is 1. The van der Waals surface area contributed by atoms with Crippen LogP contribution in [-0.2, 0) is 17.8 Å². The molecule has 0 radical (unpaired) electrons. The van der Waals surface area contributed by atoms with Crippen molar-refractivity contribution in [2.24, 2.45) is 5.92 Å². The van der Waals surface area contributed by atoms with Crippen molar-refractivity contribution in [3.8, 4) is 0 Å². The minimum atomic E-state index is 0.149. The van der Waals surface area contributed by atoms with E-state index in [1.165, 1.54) is 11.1 Å². The van der Waals surface area contributed by atoms with Gasteiger partial charge >= 0.3 is 0 Å². The first-order valence-corrected chi connectivity index (χ1v) is 10.1. The zero-order valence-electron chi connectivity index (χ0n) is 17.0. The summed E-state index contributed by atoms with van der Waals surface area (Å²) in [6.45, 7) is 9.69. The van der Waals surface area contributed by atoms with Crippen LogP contribution in [0.25, 0.3) is 0 Å². The standard InChI is InChI=1S/C22H35N3O/c1-18(2)15-19-5-7-20(8-6-19)16-25-14-13-24(4)22(17-25)10-9-21(26)23(3)12-11-22/h5-8,18H,9-17H2,1-4H3/t22-/m0/s1. The lowest BCUT2D eigenvalue weighted by Gasteiger charge is -2.49. The Hall–Kier alpha value is -1.39. The van der Waals surface area contributed by atoms with Gasteiger partial charge in [0, 0.05) is 51.7 Å². The topological polar surface area (TPSA) is 26.8 Å². The minimum absolute atomic E-state index is 0.149. The summed E-state index contributed by atoms with van der Waals surface area (Å²) in [5.74, 6) is 1.00. The van der Waals surface area contributed by atoms with Gasteiger partial charge in [-0.25, -0.2) is 0 Å². The molecule has 2 saturated heterocycles. The van der Waals surface area contributed by atoms with Crippen LogP contribution in [0.4, 0.5) is 0 Å². The molecule has 1 aromatic rings. The van der Waals surface area contributed by atoms with Gasteiger partial charge in [-0.3, -0.25) is 14.6 Å². The van der Waals surface area contributed by atoms with Gasteiger partial charge in [0.2, 0.25) is 5.91 Å². The van der Waals surface area contributed by atoms with E-state index in [9.17, 15) is 4.79 Å². The Balaban J connectivity index is 1.65. The molecule has 0 unspecified atom stereocenters. The normalized spacial score (nSPS) is 25.9. The fourth-order valence-corrected chi connectivity index (χ4v) is 4.49. The first kappa shape index (κ1) is 19.4. The first-order valence-electron chi connectivity index (χ1n) is 10.1.